The highest BCUT2D eigenvalue weighted by atomic mass is 79.9. The van der Waals surface area contributed by atoms with E-state index in [0.717, 1.165) is 16.6 Å². The number of para-hydroxylation sites is 1. The minimum absolute atomic E-state index is 0.608. The molecule has 0 aliphatic carbocycles. The zero-order valence-electron chi connectivity index (χ0n) is 9.82. The van der Waals surface area contributed by atoms with Crippen molar-refractivity contribution >= 4 is 15.9 Å². The Hall–Kier alpha value is -1.28. The molecule has 2 rings (SSSR count). The fourth-order valence-electron chi connectivity index (χ4n) is 1.72. The summed E-state index contributed by atoms with van der Waals surface area (Å²) in [7, 11) is 0. The van der Waals surface area contributed by atoms with E-state index in [1.807, 2.05) is 30.3 Å². The summed E-state index contributed by atoms with van der Waals surface area (Å²) in [5.74, 6) is 0.957. The van der Waals surface area contributed by atoms with E-state index in [1.54, 1.807) is 0 Å². The Labute approximate surface area is 111 Å². The normalized spacial score (nSPS) is 10.2. The van der Waals surface area contributed by atoms with E-state index in [4.69, 9.17) is 4.74 Å². The zero-order chi connectivity index (χ0) is 12.1. The summed E-state index contributed by atoms with van der Waals surface area (Å²) in [6.07, 6.45) is 0.976. The van der Waals surface area contributed by atoms with Crippen molar-refractivity contribution in [3.05, 3.63) is 64.1 Å². The molecule has 88 valence electrons. The number of ether oxygens (including phenoxy) is 1. The van der Waals surface area contributed by atoms with Crippen molar-refractivity contribution in [3.8, 4) is 5.75 Å². The standard InChI is InChI=1S/C15H15BrO/c1-2-13-9-6-10-14(16)15(13)17-11-12-7-4-3-5-8-12/h3-10H,2,11H2,1H3. The average Bonchev–Trinajstić information content (AvgIpc) is 2.38. The van der Waals surface area contributed by atoms with Gasteiger partial charge in [-0.1, -0.05) is 49.4 Å². The second-order valence-corrected chi connectivity index (χ2v) is 4.71. The van der Waals surface area contributed by atoms with Gasteiger partial charge in [0.05, 0.1) is 4.47 Å². The van der Waals surface area contributed by atoms with Crippen LogP contribution >= 0.6 is 15.9 Å². The molecular formula is C15H15BrO. The molecule has 2 aromatic carbocycles. The molecule has 0 heterocycles. The highest BCUT2D eigenvalue weighted by molar-refractivity contribution is 9.10. The van der Waals surface area contributed by atoms with Gasteiger partial charge in [-0.05, 0) is 39.5 Å². The minimum Gasteiger partial charge on any atom is -0.487 e. The Morgan fingerprint density at radius 1 is 1.00 bits per heavy atom. The maximum Gasteiger partial charge on any atom is 0.137 e. The van der Waals surface area contributed by atoms with Crippen LogP contribution < -0.4 is 4.74 Å². The van der Waals surface area contributed by atoms with Crippen LogP contribution in [-0.2, 0) is 13.0 Å². The minimum atomic E-state index is 0.608. The Morgan fingerprint density at radius 2 is 1.76 bits per heavy atom. The molecule has 0 aliphatic heterocycles. The van der Waals surface area contributed by atoms with Gasteiger partial charge in [-0.2, -0.15) is 0 Å². The topological polar surface area (TPSA) is 9.23 Å². The van der Waals surface area contributed by atoms with Gasteiger partial charge in [-0.15, -0.1) is 0 Å². The molecule has 0 radical (unpaired) electrons. The Balaban J connectivity index is 2.14. The summed E-state index contributed by atoms with van der Waals surface area (Å²) < 4.78 is 6.92. The van der Waals surface area contributed by atoms with E-state index in [9.17, 15) is 0 Å². The van der Waals surface area contributed by atoms with Crippen LogP contribution in [-0.4, -0.2) is 0 Å². The lowest BCUT2D eigenvalue weighted by Gasteiger charge is -2.12. The first-order valence-corrected chi connectivity index (χ1v) is 6.54. The van der Waals surface area contributed by atoms with Crippen molar-refractivity contribution in [2.75, 3.05) is 0 Å². The van der Waals surface area contributed by atoms with E-state index < -0.39 is 0 Å². The summed E-state index contributed by atoms with van der Waals surface area (Å²) in [4.78, 5) is 0. The predicted molar refractivity (Wildman–Crippen MR) is 74.3 cm³/mol. The van der Waals surface area contributed by atoms with Gasteiger partial charge in [0.2, 0.25) is 0 Å². The van der Waals surface area contributed by atoms with Gasteiger partial charge in [0, 0.05) is 0 Å². The van der Waals surface area contributed by atoms with Gasteiger partial charge < -0.3 is 4.74 Å². The molecule has 0 aromatic heterocycles. The molecule has 17 heavy (non-hydrogen) atoms. The van der Waals surface area contributed by atoms with Crippen LogP contribution in [0.25, 0.3) is 0 Å². The first kappa shape index (κ1) is 12.2. The lowest BCUT2D eigenvalue weighted by molar-refractivity contribution is 0.301. The average molecular weight is 291 g/mol. The van der Waals surface area contributed by atoms with Crippen LogP contribution in [0, 0.1) is 0 Å². The Kier molecular flexibility index (Phi) is 4.21. The van der Waals surface area contributed by atoms with Crippen LogP contribution in [0.4, 0.5) is 0 Å². The smallest absolute Gasteiger partial charge is 0.137 e. The second kappa shape index (κ2) is 5.87. The molecule has 0 atom stereocenters. The molecule has 2 aromatic rings. The number of aryl methyl sites for hydroxylation is 1. The lowest BCUT2D eigenvalue weighted by atomic mass is 10.1. The number of rotatable bonds is 4. The van der Waals surface area contributed by atoms with Gasteiger partial charge in [0.25, 0.3) is 0 Å². The fourth-order valence-corrected chi connectivity index (χ4v) is 2.25. The molecule has 0 N–H and O–H groups in total. The molecule has 0 spiro atoms. The van der Waals surface area contributed by atoms with Crippen molar-refractivity contribution in [1.82, 2.24) is 0 Å². The first-order valence-electron chi connectivity index (χ1n) is 5.75. The van der Waals surface area contributed by atoms with Gasteiger partial charge >= 0.3 is 0 Å². The Bertz CT molecular complexity index is 480. The maximum absolute atomic E-state index is 5.90. The van der Waals surface area contributed by atoms with Gasteiger partial charge in [-0.25, -0.2) is 0 Å². The molecule has 0 saturated heterocycles. The largest absolute Gasteiger partial charge is 0.487 e. The molecule has 0 unspecified atom stereocenters. The molecule has 0 aliphatic rings. The van der Waals surface area contributed by atoms with Crippen molar-refractivity contribution < 1.29 is 4.74 Å². The third kappa shape index (κ3) is 3.10. The van der Waals surface area contributed by atoms with Crippen molar-refractivity contribution in [1.29, 1.82) is 0 Å². The van der Waals surface area contributed by atoms with E-state index in [2.05, 4.69) is 41.1 Å². The highest BCUT2D eigenvalue weighted by Crippen LogP contribution is 2.30. The monoisotopic (exact) mass is 290 g/mol. The number of benzene rings is 2. The number of hydrogen-bond donors (Lipinski definition) is 0. The number of hydrogen-bond acceptors (Lipinski definition) is 1. The van der Waals surface area contributed by atoms with E-state index in [0.29, 0.717) is 6.61 Å². The van der Waals surface area contributed by atoms with E-state index in [-0.39, 0.29) is 0 Å². The SMILES string of the molecule is CCc1cccc(Br)c1OCc1ccccc1. The third-order valence-electron chi connectivity index (χ3n) is 2.66. The van der Waals surface area contributed by atoms with Gasteiger partial charge in [-0.3, -0.25) is 0 Å². The summed E-state index contributed by atoms with van der Waals surface area (Å²) in [6.45, 7) is 2.74. The Morgan fingerprint density at radius 3 is 2.47 bits per heavy atom. The highest BCUT2D eigenvalue weighted by Gasteiger charge is 2.06. The van der Waals surface area contributed by atoms with Crippen molar-refractivity contribution in [2.45, 2.75) is 20.0 Å². The van der Waals surface area contributed by atoms with Crippen molar-refractivity contribution in [2.24, 2.45) is 0 Å². The first-order chi connectivity index (χ1) is 8.31. The summed E-state index contributed by atoms with van der Waals surface area (Å²) in [6, 6.07) is 16.4. The van der Waals surface area contributed by atoms with Crippen LogP contribution in [0.1, 0.15) is 18.1 Å². The molecule has 0 bridgehead atoms. The zero-order valence-corrected chi connectivity index (χ0v) is 11.4. The van der Waals surface area contributed by atoms with Gasteiger partial charge in [0.1, 0.15) is 12.4 Å². The molecule has 1 nitrogen and oxygen atoms in total. The van der Waals surface area contributed by atoms with Crippen molar-refractivity contribution in [3.63, 3.8) is 0 Å². The molecule has 0 amide bonds. The molecule has 0 saturated carbocycles. The van der Waals surface area contributed by atoms with E-state index in [1.165, 1.54) is 11.1 Å². The summed E-state index contributed by atoms with van der Waals surface area (Å²) >= 11 is 3.54. The summed E-state index contributed by atoms with van der Waals surface area (Å²) in [5.41, 5.74) is 2.42. The van der Waals surface area contributed by atoms with Crippen LogP contribution in [0.5, 0.6) is 5.75 Å². The fraction of sp³-hybridized carbons (Fsp3) is 0.200. The molecule has 0 fully saturated rings. The third-order valence-corrected chi connectivity index (χ3v) is 3.28. The van der Waals surface area contributed by atoms with E-state index >= 15 is 0 Å². The van der Waals surface area contributed by atoms with Crippen LogP contribution in [0.2, 0.25) is 0 Å². The maximum atomic E-state index is 5.90. The number of halogens is 1. The molecule has 2 heteroatoms. The summed E-state index contributed by atoms with van der Waals surface area (Å²) in [5, 5.41) is 0. The quantitative estimate of drug-likeness (QED) is 0.800. The molecular weight excluding hydrogens is 276 g/mol. The van der Waals surface area contributed by atoms with Crippen LogP contribution in [0.3, 0.4) is 0 Å². The van der Waals surface area contributed by atoms with Gasteiger partial charge in [0.15, 0.2) is 0 Å². The lowest BCUT2D eigenvalue weighted by Crippen LogP contribution is -1.98. The second-order valence-electron chi connectivity index (χ2n) is 3.86. The predicted octanol–water partition coefficient (Wildman–Crippen LogP) is 4.59. The van der Waals surface area contributed by atoms with Crippen LogP contribution in [0.15, 0.2) is 53.0 Å².